The maximum atomic E-state index is 12.6. The molecule has 3 N–H and O–H groups in total. The van der Waals surface area contributed by atoms with Crippen LogP contribution in [0.15, 0.2) is 30.3 Å². The van der Waals surface area contributed by atoms with Gasteiger partial charge in [0.15, 0.2) is 6.10 Å². The van der Waals surface area contributed by atoms with Gasteiger partial charge in [-0.25, -0.2) is 4.79 Å². The Morgan fingerprint density at radius 1 is 1.18 bits per heavy atom. The van der Waals surface area contributed by atoms with Gasteiger partial charge in [0, 0.05) is 25.3 Å². The first-order valence-electron chi connectivity index (χ1n) is 8.93. The average Bonchev–Trinajstić information content (AvgIpc) is 2.58. The van der Waals surface area contributed by atoms with Crippen molar-refractivity contribution in [2.24, 2.45) is 5.41 Å². The lowest BCUT2D eigenvalue weighted by Crippen LogP contribution is -2.56. The Morgan fingerprint density at radius 3 is 2.25 bits per heavy atom. The van der Waals surface area contributed by atoms with E-state index in [0.717, 1.165) is 5.56 Å². The Morgan fingerprint density at radius 2 is 1.75 bits per heavy atom. The van der Waals surface area contributed by atoms with Crippen molar-refractivity contribution >= 4 is 22.0 Å². The first-order valence-corrected chi connectivity index (χ1v) is 10.5. The largest absolute Gasteiger partial charge is 0.479 e. The minimum atomic E-state index is -4.05. The zero-order valence-corrected chi connectivity index (χ0v) is 17.5. The molecular weight excluding hydrogens is 386 g/mol. The van der Waals surface area contributed by atoms with E-state index in [1.165, 1.54) is 27.7 Å². The van der Waals surface area contributed by atoms with Crippen LogP contribution in [0.2, 0.25) is 0 Å². The van der Waals surface area contributed by atoms with Crippen LogP contribution in [0.3, 0.4) is 0 Å². The van der Waals surface area contributed by atoms with Gasteiger partial charge in [-0.15, -0.1) is 0 Å². The molecule has 0 saturated heterocycles. The summed E-state index contributed by atoms with van der Waals surface area (Å²) in [5, 5.41) is 22.0. The van der Waals surface area contributed by atoms with E-state index < -0.39 is 33.2 Å². The van der Waals surface area contributed by atoms with Crippen molar-refractivity contribution in [3.63, 3.8) is 0 Å². The summed E-state index contributed by atoms with van der Waals surface area (Å²) >= 11 is 0. The highest BCUT2D eigenvalue weighted by molar-refractivity contribution is 7.86. The van der Waals surface area contributed by atoms with Crippen molar-refractivity contribution in [2.45, 2.75) is 52.2 Å². The van der Waals surface area contributed by atoms with E-state index in [-0.39, 0.29) is 31.0 Å². The molecule has 9 heteroatoms. The summed E-state index contributed by atoms with van der Waals surface area (Å²) in [6, 6.07) is 8.90. The predicted octanol–water partition coefficient (Wildman–Crippen LogP) is 1.33. The molecule has 1 aromatic carbocycles. The second kappa shape index (κ2) is 9.49. The second-order valence-corrected chi connectivity index (χ2v) is 9.23. The molecule has 0 spiro atoms. The smallest absolute Gasteiger partial charge is 0.333 e. The van der Waals surface area contributed by atoms with Crippen LogP contribution in [0.1, 0.15) is 39.7 Å². The summed E-state index contributed by atoms with van der Waals surface area (Å²) in [5.41, 5.74) is -2.22. The molecule has 28 heavy (non-hydrogen) atoms. The van der Waals surface area contributed by atoms with E-state index in [2.05, 4.69) is 5.32 Å². The van der Waals surface area contributed by atoms with Gasteiger partial charge in [0.1, 0.15) is 0 Å². The standard InChI is InChI=1S/C19H29NO7S/c1-14(21)20-11-8-12-28(25,26)27-19(4,13-15-9-6-5-7-10-15)18(2,3)16(22)17(23)24/h5-7,9-10,16,22H,8,11-13H2,1-4H3,(H,20,21)(H,23,24)/t16-,19?/m0/s1. The zero-order chi connectivity index (χ0) is 21.6. The number of aliphatic carboxylic acids is 1. The fraction of sp³-hybridized carbons (Fsp3) is 0.579. The van der Waals surface area contributed by atoms with Gasteiger partial charge in [0.25, 0.3) is 10.1 Å². The third kappa shape index (κ3) is 6.57. The van der Waals surface area contributed by atoms with Crippen molar-refractivity contribution in [1.82, 2.24) is 5.32 Å². The lowest BCUT2D eigenvalue weighted by molar-refractivity contribution is -0.165. The van der Waals surface area contributed by atoms with Gasteiger partial charge >= 0.3 is 5.97 Å². The summed E-state index contributed by atoms with van der Waals surface area (Å²) in [5.74, 6) is -2.08. The molecule has 158 valence electrons. The number of carbonyl (C=O) groups excluding carboxylic acids is 1. The summed E-state index contributed by atoms with van der Waals surface area (Å²) in [7, 11) is -4.05. The Bertz CT molecular complexity index is 777. The third-order valence-corrected chi connectivity index (χ3v) is 6.33. The summed E-state index contributed by atoms with van der Waals surface area (Å²) in [4.78, 5) is 22.3. The van der Waals surface area contributed by atoms with Crippen molar-refractivity contribution in [3.05, 3.63) is 35.9 Å². The number of carbonyl (C=O) groups is 2. The molecule has 0 bridgehead atoms. The lowest BCUT2D eigenvalue weighted by Gasteiger charge is -2.44. The molecule has 0 heterocycles. The van der Waals surface area contributed by atoms with Gasteiger partial charge in [0.05, 0.1) is 11.4 Å². The van der Waals surface area contributed by atoms with Crippen LogP contribution in [0.4, 0.5) is 0 Å². The molecule has 0 aliphatic heterocycles. The molecule has 1 amide bonds. The molecule has 0 saturated carbocycles. The first-order chi connectivity index (χ1) is 12.8. The number of hydrogen-bond donors (Lipinski definition) is 3. The maximum absolute atomic E-state index is 12.6. The molecule has 0 aromatic heterocycles. The number of carboxylic acid groups (broad SMARTS) is 1. The Labute approximate surface area is 166 Å². The van der Waals surface area contributed by atoms with Crippen LogP contribution in [0.25, 0.3) is 0 Å². The number of amides is 1. The molecule has 0 fully saturated rings. The highest BCUT2D eigenvalue weighted by atomic mass is 32.2. The topological polar surface area (TPSA) is 130 Å². The van der Waals surface area contributed by atoms with E-state index in [9.17, 15) is 28.2 Å². The number of hydrogen-bond acceptors (Lipinski definition) is 6. The fourth-order valence-electron chi connectivity index (χ4n) is 2.78. The first kappa shape index (κ1) is 24.1. The minimum Gasteiger partial charge on any atom is -0.479 e. The highest BCUT2D eigenvalue weighted by Gasteiger charge is 2.52. The molecule has 0 aliphatic rings. The monoisotopic (exact) mass is 415 g/mol. The Hall–Kier alpha value is -1.97. The Kier molecular flexibility index (Phi) is 8.16. The Balaban J connectivity index is 3.13. The van der Waals surface area contributed by atoms with Crippen molar-refractivity contribution in [1.29, 1.82) is 0 Å². The average molecular weight is 416 g/mol. The van der Waals surface area contributed by atoms with Gasteiger partial charge in [-0.3, -0.25) is 8.98 Å². The number of nitrogens with one attached hydrogen (secondary N) is 1. The van der Waals surface area contributed by atoms with Gasteiger partial charge in [0.2, 0.25) is 5.91 Å². The van der Waals surface area contributed by atoms with Crippen LogP contribution < -0.4 is 5.32 Å². The van der Waals surface area contributed by atoms with Gasteiger partial charge in [-0.2, -0.15) is 8.42 Å². The zero-order valence-electron chi connectivity index (χ0n) is 16.6. The van der Waals surface area contributed by atoms with Crippen LogP contribution in [0.5, 0.6) is 0 Å². The summed E-state index contributed by atoms with van der Waals surface area (Å²) in [6.07, 6.45) is -1.61. The lowest BCUT2D eigenvalue weighted by atomic mass is 9.69. The number of benzene rings is 1. The minimum absolute atomic E-state index is 0.0795. The summed E-state index contributed by atoms with van der Waals surface area (Å²) in [6.45, 7) is 5.91. The van der Waals surface area contributed by atoms with E-state index in [0.29, 0.717) is 0 Å². The quantitative estimate of drug-likeness (QED) is 0.367. The van der Waals surface area contributed by atoms with E-state index in [1.807, 2.05) is 0 Å². The molecule has 1 rings (SSSR count). The summed E-state index contributed by atoms with van der Waals surface area (Å²) < 4.78 is 30.6. The molecule has 0 aliphatic carbocycles. The molecule has 0 radical (unpaired) electrons. The predicted molar refractivity (Wildman–Crippen MR) is 104 cm³/mol. The van der Waals surface area contributed by atoms with Crippen LogP contribution in [-0.4, -0.2) is 54.5 Å². The van der Waals surface area contributed by atoms with Crippen LogP contribution >= 0.6 is 0 Å². The number of carboxylic acids is 1. The van der Waals surface area contributed by atoms with Crippen LogP contribution in [-0.2, 0) is 30.3 Å². The normalized spacial score (nSPS) is 15.5. The number of rotatable bonds is 11. The highest BCUT2D eigenvalue weighted by Crippen LogP contribution is 2.41. The van der Waals surface area contributed by atoms with Gasteiger partial charge < -0.3 is 15.5 Å². The molecule has 1 unspecified atom stereocenters. The van der Waals surface area contributed by atoms with E-state index in [1.54, 1.807) is 30.3 Å². The van der Waals surface area contributed by atoms with E-state index >= 15 is 0 Å². The second-order valence-electron chi connectivity index (χ2n) is 7.54. The van der Waals surface area contributed by atoms with Crippen molar-refractivity contribution < 1.29 is 32.4 Å². The number of aliphatic hydroxyl groups excluding tert-OH is 1. The third-order valence-electron chi connectivity index (χ3n) is 4.92. The van der Waals surface area contributed by atoms with E-state index in [4.69, 9.17) is 4.18 Å². The van der Waals surface area contributed by atoms with Crippen molar-refractivity contribution in [3.8, 4) is 0 Å². The molecule has 1 aromatic rings. The van der Waals surface area contributed by atoms with Crippen molar-refractivity contribution in [2.75, 3.05) is 12.3 Å². The SMILES string of the molecule is CC(=O)NCCCS(=O)(=O)OC(C)(Cc1ccccc1)C(C)(C)[C@@H](O)C(=O)O. The van der Waals surface area contributed by atoms with Gasteiger partial charge in [-0.05, 0) is 18.9 Å². The van der Waals surface area contributed by atoms with Gasteiger partial charge in [-0.1, -0.05) is 44.2 Å². The molecule has 2 atom stereocenters. The molecule has 8 nitrogen and oxygen atoms in total. The molecular formula is C19H29NO7S. The fourth-order valence-corrected chi connectivity index (χ4v) is 4.20. The number of aliphatic hydroxyl groups is 1. The van der Waals surface area contributed by atoms with Crippen LogP contribution in [0, 0.1) is 5.41 Å². The maximum Gasteiger partial charge on any atom is 0.333 e.